The van der Waals surface area contributed by atoms with Crippen molar-refractivity contribution in [1.82, 2.24) is 0 Å². The van der Waals surface area contributed by atoms with Crippen molar-refractivity contribution in [2.75, 3.05) is 6.26 Å². The number of alkyl halides is 1. The standard InChI is InChI=1S/C10H12BrNO5S/c1-10(11,18(2,16)17)9(13)7-3-5-8(6-4-7)12(14)15/h3-6,9,13H,1-2H3/t9-,10+/m1/s1. The molecule has 0 spiro atoms. The fourth-order valence-corrected chi connectivity index (χ4v) is 2.08. The normalized spacial score (nSPS) is 16.9. The first kappa shape index (κ1) is 15.1. The zero-order chi connectivity index (χ0) is 14.1. The third-order valence-electron chi connectivity index (χ3n) is 2.63. The highest BCUT2D eigenvalue weighted by molar-refractivity contribution is 9.11. The van der Waals surface area contributed by atoms with Crippen molar-refractivity contribution in [2.24, 2.45) is 0 Å². The van der Waals surface area contributed by atoms with Gasteiger partial charge in [-0.3, -0.25) is 10.1 Å². The number of nitrogens with zero attached hydrogens (tertiary/aromatic N) is 1. The van der Waals surface area contributed by atoms with E-state index in [1.165, 1.54) is 31.2 Å². The van der Waals surface area contributed by atoms with Gasteiger partial charge < -0.3 is 5.11 Å². The third-order valence-corrected chi connectivity index (χ3v) is 6.50. The molecule has 0 unspecified atom stereocenters. The molecule has 1 rings (SSSR count). The minimum absolute atomic E-state index is 0.124. The summed E-state index contributed by atoms with van der Waals surface area (Å²) in [5.74, 6) is 0. The first-order valence-corrected chi connectivity index (χ1v) is 7.56. The number of nitro benzene ring substituents is 1. The Morgan fingerprint density at radius 1 is 1.39 bits per heavy atom. The molecule has 0 radical (unpaired) electrons. The van der Waals surface area contributed by atoms with Crippen molar-refractivity contribution < 1.29 is 18.4 Å². The summed E-state index contributed by atoms with van der Waals surface area (Å²) >= 11 is 2.98. The zero-order valence-electron chi connectivity index (χ0n) is 9.70. The molecule has 0 heterocycles. The minimum Gasteiger partial charge on any atom is -0.386 e. The number of rotatable bonds is 4. The van der Waals surface area contributed by atoms with E-state index in [-0.39, 0.29) is 11.3 Å². The number of hydrogen-bond acceptors (Lipinski definition) is 5. The highest BCUT2D eigenvalue weighted by Crippen LogP contribution is 2.38. The van der Waals surface area contributed by atoms with E-state index in [0.29, 0.717) is 0 Å². The van der Waals surface area contributed by atoms with Crippen molar-refractivity contribution in [3.63, 3.8) is 0 Å². The molecular formula is C10H12BrNO5S. The lowest BCUT2D eigenvalue weighted by molar-refractivity contribution is -0.384. The summed E-state index contributed by atoms with van der Waals surface area (Å²) in [7, 11) is -3.54. The molecule has 0 aromatic heterocycles. The molecule has 0 aliphatic rings. The van der Waals surface area contributed by atoms with Gasteiger partial charge in [0.25, 0.3) is 5.69 Å². The molecule has 0 aliphatic carbocycles. The molecule has 0 amide bonds. The molecule has 8 heteroatoms. The van der Waals surface area contributed by atoms with Crippen LogP contribution in [0.4, 0.5) is 5.69 Å². The van der Waals surface area contributed by atoms with Gasteiger partial charge in [-0.05, 0) is 24.6 Å². The molecule has 0 fully saturated rings. The van der Waals surface area contributed by atoms with Crippen LogP contribution in [0.15, 0.2) is 24.3 Å². The van der Waals surface area contributed by atoms with Gasteiger partial charge in [0.05, 0.1) is 4.92 Å². The van der Waals surface area contributed by atoms with Gasteiger partial charge in [0.1, 0.15) is 6.10 Å². The van der Waals surface area contributed by atoms with Crippen LogP contribution in [0.3, 0.4) is 0 Å². The molecule has 0 saturated carbocycles. The Bertz CT molecular complexity index is 552. The lowest BCUT2D eigenvalue weighted by atomic mass is 10.1. The van der Waals surface area contributed by atoms with Crippen molar-refractivity contribution in [2.45, 2.75) is 16.7 Å². The average Bonchev–Trinajstić information content (AvgIpc) is 2.26. The zero-order valence-corrected chi connectivity index (χ0v) is 12.1. The van der Waals surface area contributed by atoms with Gasteiger partial charge in [-0.2, -0.15) is 0 Å². The van der Waals surface area contributed by atoms with E-state index in [1.807, 2.05) is 0 Å². The molecule has 2 atom stereocenters. The predicted molar refractivity (Wildman–Crippen MR) is 70.2 cm³/mol. The van der Waals surface area contributed by atoms with E-state index in [2.05, 4.69) is 15.9 Å². The fourth-order valence-electron chi connectivity index (χ4n) is 1.28. The van der Waals surface area contributed by atoms with Crippen molar-refractivity contribution in [3.05, 3.63) is 39.9 Å². The highest BCUT2D eigenvalue weighted by atomic mass is 79.9. The third kappa shape index (κ3) is 2.88. The Morgan fingerprint density at radius 3 is 2.17 bits per heavy atom. The van der Waals surface area contributed by atoms with E-state index < -0.39 is 24.5 Å². The number of nitro groups is 1. The molecule has 100 valence electrons. The molecule has 1 N–H and O–H groups in total. The Kier molecular flexibility index (Phi) is 4.14. The van der Waals surface area contributed by atoms with Crippen molar-refractivity contribution in [3.8, 4) is 0 Å². The molecule has 18 heavy (non-hydrogen) atoms. The summed E-state index contributed by atoms with van der Waals surface area (Å²) < 4.78 is 21.5. The largest absolute Gasteiger partial charge is 0.386 e. The van der Waals surface area contributed by atoms with Crippen LogP contribution in [0.5, 0.6) is 0 Å². The van der Waals surface area contributed by atoms with Gasteiger partial charge in [0, 0.05) is 18.4 Å². The van der Waals surface area contributed by atoms with Crippen LogP contribution in [-0.4, -0.2) is 28.4 Å². The van der Waals surface area contributed by atoms with E-state index in [1.54, 1.807) is 0 Å². The monoisotopic (exact) mass is 337 g/mol. The Morgan fingerprint density at radius 2 is 1.83 bits per heavy atom. The Balaban J connectivity index is 3.12. The number of non-ortho nitro benzene ring substituents is 1. The number of aliphatic hydroxyl groups is 1. The minimum atomic E-state index is -3.54. The fraction of sp³-hybridized carbons (Fsp3) is 0.400. The summed E-state index contributed by atoms with van der Waals surface area (Å²) in [6, 6.07) is 5.08. The maximum atomic E-state index is 11.5. The van der Waals surface area contributed by atoms with Crippen LogP contribution >= 0.6 is 15.9 Å². The summed E-state index contributed by atoms with van der Waals surface area (Å²) in [6.07, 6.45) is -0.329. The SMILES string of the molecule is C[C@@](Br)([C@H](O)c1ccc([N+](=O)[O-])cc1)S(C)(=O)=O. The van der Waals surface area contributed by atoms with Crippen LogP contribution in [-0.2, 0) is 9.84 Å². The quantitative estimate of drug-likeness (QED) is 0.513. The molecule has 0 saturated heterocycles. The number of sulfone groups is 1. The summed E-state index contributed by atoms with van der Waals surface area (Å²) in [5.41, 5.74) is 0.159. The van der Waals surface area contributed by atoms with E-state index >= 15 is 0 Å². The first-order chi connectivity index (χ1) is 8.07. The van der Waals surface area contributed by atoms with Gasteiger partial charge in [-0.25, -0.2) is 8.42 Å². The summed E-state index contributed by atoms with van der Waals surface area (Å²) in [4.78, 5) is 9.91. The second kappa shape index (κ2) is 4.94. The van der Waals surface area contributed by atoms with E-state index in [9.17, 15) is 23.6 Å². The number of benzene rings is 1. The van der Waals surface area contributed by atoms with Gasteiger partial charge in [0.2, 0.25) is 0 Å². The van der Waals surface area contributed by atoms with Crippen molar-refractivity contribution >= 4 is 31.5 Å². The van der Waals surface area contributed by atoms with Crippen LogP contribution in [0.25, 0.3) is 0 Å². The number of aliphatic hydroxyl groups excluding tert-OH is 1. The van der Waals surface area contributed by atoms with Gasteiger partial charge in [0.15, 0.2) is 13.5 Å². The topological polar surface area (TPSA) is 97.5 Å². The first-order valence-electron chi connectivity index (χ1n) is 4.88. The molecule has 0 bridgehead atoms. The van der Waals surface area contributed by atoms with Crippen LogP contribution in [0.2, 0.25) is 0 Å². The predicted octanol–water partition coefficient (Wildman–Crippen LogP) is 1.78. The maximum Gasteiger partial charge on any atom is 0.269 e. The van der Waals surface area contributed by atoms with Crippen molar-refractivity contribution in [1.29, 1.82) is 0 Å². The molecule has 6 nitrogen and oxygen atoms in total. The average molecular weight is 338 g/mol. The Hall–Kier alpha value is -0.990. The number of hydrogen-bond donors (Lipinski definition) is 1. The molecule has 0 aliphatic heterocycles. The maximum absolute atomic E-state index is 11.5. The lowest BCUT2D eigenvalue weighted by Gasteiger charge is -2.26. The molecule has 1 aromatic rings. The molecular weight excluding hydrogens is 326 g/mol. The van der Waals surface area contributed by atoms with Gasteiger partial charge >= 0.3 is 0 Å². The summed E-state index contributed by atoms with van der Waals surface area (Å²) in [5, 5.41) is 20.5. The smallest absolute Gasteiger partial charge is 0.269 e. The van der Waals surface area contributed by atoms with E-state index in [4.69, 9.17) is 0 Å². The Labute approximate surface area is 113 Å². The second-order valence-electron chi connectivity index (χ2n) is 4.01. The highest BCUT2D eigenvalue weighted by Gasteiger charge is 2.41. The van der Waals surface area contributed by atoms with Gasteiger partial charge in [-0.15, -0.1) is 0 Å². The molecule has 1 aromatic carbocycles. The summed E-state index contributed by atoms with van der Waals surface area (Å²) in [6.45, 7) is 1.33. The van der Waals surface area contributed by atoms with Crippen LogP contribution < -0.4 is 0 Å². The van der Waals surface area contributed by atoms with E-state index in [0.717, 1.165) is 6.26 Å². The second-order valence-corrected chi connectivity index (χ2v) is 8.57. The van der Waals surface area contributed by atoms with Crippen LogP contribution in [0, 0.1) is 10.1 Å². The van der Waals surface area contributed by atoms with Gasteiger partial charge in [-0.1, -0.05) is 15.9 Å². The number of halogens is 1. The lowest BCUT2D eigenvalue weighted by Crippen LogP contribution is -2.34. The van der Waals surface area contributed by atoms with Crippen LogP contribution in [0.1, 0.15) is 18.6 Å².